The van der Waals surface area contributed by atoms with Crippen molar-refractivity contribution in [2.75, 3.05) is 0 Å². The normalized spacial score (nSPS) is 24.5. The Hall–Kier alpha value is -1.84. The van der Waals surface area contributed by atoms with E-state index in [1.807, 2.05) is 6.92 Å². The van der Waals surface area contributed by atoms with Gasteiger partial charge >= 0.3 is 0 Å². The van der Waals surface area contributed by atoms with E-state index < -0.39 is 5.41 Å². The molecule has 2 amide bonds. The molecule has 1 fully saturated rings. The lowest BCUT2D eigenvalue weighted by molar-refractivity contribution is -0.138. The summed E-state index contributed by atoms with van der Waals surface area (Å²) in [7, 11) is 0. The second-order valence-corrected chi connectivity index (χ2v) is 4.36. The minimum atomic E-state index is -0.637. The molecule has 1 aliphatic rings. The van der Waals surface area contributed by atoms with Crippen molar-refractivity contribution >= 4 is 11.8 Å². The van der Waals surface area contributed by atoms with Crippen LogP contribution in [-0.2, 0) is 15.0 Å². The standard InChI is InChI=1S/C13H15NO3/c1-2-13(8-7-11(16)14-12(13)17)9-3-5-10(15)6-4-9/h3-6,15H,2,7-8H2,1H3,(H,14,16,17)/t13-/m0/s1. The summed E-state index contributed by atoms with van der Waals surface area (Å²) in [6.45, 7) is 1.93. The van der Waals surface area contributed by atoms with Crippen LogP contribution in [0, 0.1) is 0 Å². The molecule has 0 bridgehead atoms. The molecular weight excluding hydrogens is 218 g/mol. The summed E-state index contributed by atoms with van der Waals surface area (Å²) in [5.41, 5.74) is 0.213. The number of aromatic hydroxyl groups is 1. The molecule has 0 unspecified atom stereocenters. The average Bonchev–Trinajstić information content (AvgIpc) is 2.31. The number of hydrogen-bond acceptors (Lipinski definition) is 3. The molecule has 1 atom stereocenters. The lowest BCUT2D eigenvalue weighted by atomic mass is 9.72. The van der Waals surface area contributed by atoms with Gasteiger partial charge in [-0.2, -0.15) is 0 Å². The first kappa shape index (κ1) is 11.6. The van der Waals surface area contributed by atoms with Crippen molar-refractivity contribution in [3.8, 4) is 5.75 Å². The van der Waals surface area contributed by atoms with Crippen molar-refractivity contribution in [3.05, 3.63) is 29.8 Å². The van der Waals surface area contributed by atoms with Crippen molar-refractivity contribution < 1.29 is 14.7 Å². The number of imide groups is 1. The Balaban J connectivity index is 2.40. The number of piperidine rings is 1. The van der Waals surface area contributed by atoms with Crippen LogP contribution in [0.15, 0.2) is 24.3 Å². The highest BCUT2D eigenvalue weighted by atomic mass is 16.3. The molecule has 0 aliphatic carbocycles. The van der Waals surface area contributed by atoms with Crippen LogP contribution in [0.2, 0.25) is 0 Å². The quantitative estimate of drug-likeness (QED) is 0.760. The lowest BCUT2D eigenvalue weighted by Gasteiger charge is -2.34. The molecule has 1 aromatic carbocycles. The molecule has 90 valence electrons. The van der Waals surface area contributed by atoms with E-state index in [-0.39, 0.29) is 17.6 Å². The Kier molecular flexibility index (Phi) is 2.88. The van der Waals surface area contributed by atoms with Gasteiger partial charge in [-0.05, 0) is 30.5 Å². The van der Waals surface area contributed by atoms with E-state index in [0.717, 1.165) is 5.56 Å². The fourth-order valence-electron chi connectivity index (χ4n) is 2.35. The van der Waals surface area contributed by atoms with E-state index in [9.17, 15) is 14.7 Å². The molecule has 1 saturated heterocycles. The molecule has 4 heteroatoms. The summed E-state index contributed by atoms with van der Waals surface area (Å²) in [6, 6.07) is 6.62. The molecular formula is C13H15NO3. The first-order valence-corrected chi connectivity index (χ1v) is 5.72. The monoisotopic (exact) mass is 233 g/mol. The Bertz CT molecular complexity index is 452. The molecule has 4 nitrogen and oxygen atoms in total. The third kappa shape index (κ3) is 1.90. The summed E-state index contributed by atoms with van der Waals surface area (Å²) in [5, 5.41) is 11.7. The highest BCUT2D eigenvalue weighted by Crippen LogP contribution is 2.36. The van der Waals surface area contributed by atoms with Crippen LogP contribution in [0.1, 0.15) is 31.7 Å². The van der Waals surface area contributed by atoms with Crippen LogP contribution >= 0.6 is 0 Å². The van der Waals surface area contributed by atoms with E-state index in [1.165, 1.54) is 0 Å². The maximum absolute atomic E-state index is 12.0. The maximum Gasteiger partial charge on any atom is 0.237 e. The summed E-state index contributed by atoms with van der Waals surface area (Å²) in [5.74, 6) is -0.271. The van der Waals surface area contributed by atoms with Gasteiger partial charge in [-0.3, -0.25) is 14.9 Å². The number of hydrogen-bond donors (Lipinski definition) is 2. The van der Waals surface area contributed by atoms with Crippen molar-refractivity contribution in [1.82, 2.24) is 5.32 Å². The first-order valence-electron chi connectivity index (χ1n) is 5.72. The zero-order valence-corrected chi connectivity index (χ0v) is 9.69. The van der Waals surface area contributed by atoms with E-state index in [2.05, 4.69) is 5.32 Å². The molecule has 1 aliphatic heterocycles. The molecule has 2 N–H and O–H groups in total. The second kappa shape index (κ2) is 4.20. The first-order chi connectivity index (χ1) is 8.08. The van der Waals surface area contributed by atoms with Crippen molar-refractivity contribution in [2.24, 2.45) is 0 Å². The lowest BCUT2D eigenvalue weighted by Crippen LogP contribution is -2.51. The Morgan fingerprint density at radius 3 is 2.47 bits per heavy atom. The van der Waals surface area contributed by atoms with Gasteiger partial charge in [-0.25, -0.2) is 0 Å². The fourth-order valence-corrected chi connectivity index (χ4v) is 2.35. The van der Waals surface area contributed by atoms with Crippen LogP contribution in [0.5, 0.6) is 5.75 Å². The molecule has 1 aromatic rings. The molecule has 1 heterocycles. The van der Waals surface area contributed by atoms with Gasteiger partial charge < -0.3 is 5.11 Å². The molecule has 0 radical (unpaired) electrons. The van der Waals surface area contributed by atoms with E-state index in [0.29, 0.717) is 19.3 Å². The number of phenolic OH excluding ortho intramolecular Hbond substituents is 1. The van der Waals surface area contributed by atoms with Crippen molar-refractivity contribution in [3.63, 3.8) is 0 Å². The predicted octanol–water partition coefficient (Wildman–Crippen LogP) is 1.48. The second-order valence-electron chi connectivity index (χ2n) is 4.36. The van der Waals surface area contributed by atoms with Crippen LogP contribution < -0.4 is 5.32 Å². The smallest absolute Gasteiger partial charge is 0.237 e. The highest BCUT2D eigenvalue weighted by Gasteiger charge is 2.42. The summed E-state index contributed by atoms with van der Waals surface area (Å²) in [4.78, 5) is 23.2. The number of rotatable bonds is 2. The largest absolute Gasteiger partial charge is 0.508 e. The SMILES string of the molecule is CC[C@@]1(c2ccc(O)cc2)CCC(=O)NC1=O. The summed E-state index contributed by atoms with van der Waals surface area (Å²) >= 11 is 0. The predicted molar refractivity (Wildman–Crippen MR) is 62.5 cm³/mol. The molecule has 2 rings (SSSR count). The molecule has 0 spiro atoms. The number of carbonyl (C=O) groups excluding carboxylic acids is 2. The van der Waals surface area contributed by atoms with E-state index >= 15 is 0 Å². The van der Waals surface area contributed by atoms with Crippen molar-refractivity contribution in [1.29, 1.82) is 0 Å². The summed E-state index contributed by atoms with van der Waals surface area (Å²) in [6.07, 6.45) is 1.52. The van der Waals surface area contributed by atoms with Gasteiger partial charge in [-0.1, -0.05) is 19.1 Å². The van der Waals surface area contributed by atoms with Gasteiger partial charge in [0.2, 0.25) is 11.8 Å². The number of phenols is 1. The Labute approximate surface area is 99.6 Å². The van der Waals surface area contributed by atoms with E-state index in [4.69, 9.17) is 0 Å². The highest BCUT2D eigenvalue weighted by molar-refractivity contribution is 6.03. The van der Waals surface area contributed by atoms with Crippen LogP contribution in [0.25, 0.3) is 0 Å². The maximum atomic E-state index is 12.0. The Morgan fingerprint density at radius 1 is 1.29 bits per heavy atom. The average molecular weight is 233 g/mol. The third-order valence-corrected chi connectivity index (χ3v) is 3.49. The summed E-state index contributed by atoms with van der Waals surface area (Å²) < 4.78 is 0. The molecule has 0 saturated carbocycles. The minimum Gasteiger partial charge on any atom is -0.508 e. The van der Waals surface area contributed by atoms with Gasteiger partial charge in [0.25, 0.3) is 0 Å². The van der Waals surface area contributed by atoms with Gasteiger partial charge in [0.15, 0.2) is 0 Å². The van der Waals surface area contributed by atoms with E-state index in [1.54, 1.807) is 24.3 Å². The molecule has 0 aromatic heterocycles. The van der Waals surface area contributed by atoms with Gasteiger partial charge in [0, 0.05) is 6.42 Å². The van der Waals surface area contributed by atoms with Crippen LogP contribution in [0.4, 0.5) is 0 Å². The zero-order chi connectivity index (χ0) is 12.5. The fraction of sp³-hybridized carbons (Fsp3) is 0.385. The topological polar surface area (TPSA) is 66.4 Å². The Morgan fingerprint density at radius 2 is 1.94 bits per heavy atom. The van der Waals surface area contributed by atoms with Gasteiger partial charge in [-0.15, -0.1) is 0 Å². The van der Waals surface area contributed by atoms with Crippen LogP contribution in [0.3, 0.4) is 0 Å². The van der Waals surface area contributed by atoms with Crippen molar-refractivity contribution in [2.45, 2.75) is 31.6 Å². The molecule has 17 heavy (non-hydrogen) atoms. The third-order valence-electron chi connectivity index (χ3n) is 3.49. The zero-order valence-electron chi connectivity index (χ0n) is 9.69. The number of nitrogens with one attached hydrogen (secondary N) is 1. The van der Waals surface area contributed by atoms with Gasteiger partial charge in [0.1, 0.15) is 5.75 Å². The minimum absolute atomic E-state index is 0.173. The number of benzene rings is 1. The number of carbonyl (C=O) groups is 2. The van der Waals surface area contributed by atoms with Crippen LogP contribution in [-0.4, -0.2) is 16.9 Å². The number of amides is 2. The van der Waals surface area contributed by atoms with Gasteiger partial charge in [0.05, 0.1) is 5.41 Å².